The first-order valence-electron chi connectivity index (χ1n) is 7.70. The molecule has 0 saturated heterocycles. The second kappa shape index (κ2) is 6.51. The molecule has 0 fully saturated rings. The van der Waals surface area contributed by atoms with E-state index >= 15 is 0 Å². The summed E-state index contributed by atoms with van der Waals surface area (Å²) in [5, 5.41) is 2.77. The fraction of sp³-hybridized carbons (Fsp3) is 0.211. The highest BCUT2D eigenvalue weighted by molar-refractivity contribution is 6.02. The van der Waals surface area contributed by atoms with Crippen LogP contribution in [0.15, 0.2) is 48.5 Å². The van der Waals surface area contributed by atoms with E-state index in [1.807, 2.05) is 18.2 Å². The van der Waals surface area contributed by atoms with Crippen molar-refractivity contribution in [1.82, 2.24) is 0 Å². The van der Waals surface area contributed by atoms with Crippen LogP contribution in [0, 0.1) is 0 Å². The molecule has 124 valence electrons. The van der Waals surface area contributed by atoms with Crippen LogP contribution in [0.2, 0.25) is 0 Å². The third kappa shape index (κ3) is 3.85. The molecule has 5 heteroatoms. The number of benzene rings is 2. The molecule has 2 nitrogen and oxygen atoms in total. The van der Waals surface area contributed by atoms with Crippen molar-refractivity contribution in [2.24, 2.45) is 0 Å². The van der Waals surface area contributed by atoms with Gasteiger partial charge in [-0.1, -0.05) is 18.2 Å². The Morgan fingerprint density at radius 1 is 1.00 bits per heavy atom. The second-order valence-electron chi connectivity index (χ2n) is 5.78. The van der Waals surface area contributed by atoms with Gasteiger partial charge >= 0.3 is 6.18 Å². The SMILES string of the molecule is O=C(/C=C/c1ccc(C(F)(F)F)cc1)Nc1ccc2c(c1)CCC2. The number of alkyl halides is 3. The van der Waals surface area contributed by atoms with Gasteiger partial charge in [0.1, 0.15) is 0 Å². The molecule has 0 bridgehead atoms. The van der Waals surface area contributed by atoms with E-state index in [0.717, 1.165) is 37.1 Å². The Hall–Kier alpha value is -2.56. The van der Waals surface area contributed by atoms with Gasteiger partial charge in [-0.25, -0.2) is 0 Å². The van der Waals surface area contributed by atoms with Gasteiger partial charge in [-0.3, -0.25) is 4.79 Å². The molecule has 0 aromatic heterocycles. The van der Waals surface area contributed by atoms with E-state index in [9.17, 15) is 18.0 Å². The maximum absolute atomic E-state index is 12.5. The number of carbonyl (C=O) groups excluding carboxylic acids is 1. The molecule has 1 amide bonds. The van der Waals surface area contributed by atoms with Crippen LogP contribution in [-0.4, -0.2) is 5.91 Å². The molecule has 0 radical (unpaired) electrons. The van der Waals surface area contributed by atoms with Gasteiger partial charge in [-0.2, -0.15) is 13.2 Å². The lowest BCUT2D eigenvalue weighted by Gasteiger charge is -2.06. The topological polar surface area (TPSA) is 29.1 Å². The Morgan fingerprint density at radius 2 is 1.71 bits per heavy atom. The summed E-state index contributed by atoms with van der Waals surface area (Å²) >= 11 is 0. The van der Waals surface area contributed by atoms with Crippen molar-refractivity contribution in [2.45, 2.75) is 25.4 Å². The third-order valence-electron chi connectivity index (χ3n) is 4.03. The highest BCUT2D eigenvalue weighted by Crippen LogP contribution is 2.29. The van der Waals surface area contributed by atoms with Gasteiger partial charge < -0.3 is 5.32 Å². The summed E-state index contributed by atoms with van der Waals surface area (Å²) in [7, 11) is 0. The van der Waals surface area contributed by atoms with E-state index < -0.39 is 11.7 Å². The van der Waals surface area contributed by atoms with E-state index in [-0.39, 0.29) is 5.91 Å². The first-order chi connectivity index (χ1) is 11.4. The van der Waals surface area contributed by atoms with Gasteiger partial charge in [0.2, 0.25) is 5.91 Å². The van der Waals surface area contributed by atoms with Crippen LogP contribution in [-0.2, 0) is 23.8 Å². The summed E-state index contributed by atoms with van der Waals surface area (Å²) in [5.74, 6) is -0.312. The number of hydrogen-bond acceptors (Lipinski definition) is 1. The van der Waals surface area contributed by atoms with Crippen LogP contribution in [0.25, 0.3) is 6.08 Å². The Kier molecular flexibility index (Phi) is 4.42. The quantitative estimate of drug-likeness (QED) is 0.801. The Labute approximate surface area is 138 Å². The van der Waals surface area contributed by atoms with Gasteiger partial charge in [0.25, 0.3) is 0 Å². The minimum Gasteiger partial charge on any atom is -0.323 e. The number of anilines is 1. The Morgan fingerprint density at radius 3 is 2.42 bits per heavy atom. The zero-order chi connectivity index (χ0) is 17.2. The molecule has 0 saturated carbocycles. The summed E-state index contributed by atoms with van der Waals surface area (Å²) < 4.78 is 37.5. The molecule has 0 heterocycles. The van der Waals surface area contributed by atoms with Gasteiger partial charge in [-0.15, -0.1) is 0 Å². The molecule has 0 aliphatic heterocycles. The largest absolute Gasteiger partial charge is 0.416 e. The van der Waals surface area contributed by atoms with E-state index in [4.69, 9.17) is 0 Å². The summed E-state index contributed by atoms with van der Waals surface area (Å²) in [6.07, 6.45) is 1.70. The first-order valence-corrected chi connectivity index (χ1v) is 7.70. The van der Waals surface area contributed by atoms with Crippen molar-refractivity contribution in [3.05, 3.63) is 70.8 Å². The van der Waals surface area contributed by atoms with E-state index in [1.54, 1.807) is 0 Å². The minimum atomic E-state index is -4.35. The van der Waals surface area contributed by atoms with Crippen LogP contribution >= 0.6 is 0 Å². The van der Waals surface area contributed by atoms with Crippen LogP contribution in [0.1, 0.15) is 28.7 Å². The number of aryl methyl sites for hydroxylation is 2. The van der Waals surface area contributed by atoms with Gasteiger partial charge in [0, 0.05) is 11.8 Å². The van der Waals surface area contributed by atoms with Crippen LogP contribution < -0.4 is 5.32 Å². The first kappa shape index (κ1) is 16.3. The lowest BCUT2D eigenvalue weighted by molar-refractivity contribution is -0.137. The average molecular weight is 331 g/mol. The number of fused-ring (bicyclic) bond motifs is 1. The summed E-state index contributed by atoms with van der Waals surface area (Å²) in [4.78, 5) is 11.9. The lowest BCUT2D eigenvalue weighted by atomic mass is 10.1. The van der Waals surface area contributed by atoms with Crippen molar-refractivity contribution in [1.29, 1.82) is 0 Å². The Bertz CT molecular complexity index is 776. The smallest absolute Gasteiger partial charge is 0.323 e. The molecule has 1 aliphatic rings. The zero-order valence-electron chi connectivity index (χ0n) is 12.9. The molecule has 1 aliphatic carbocycles. The molecule has 3 rings (SSSR count). The second-order valence-corrected chi connectivity index (χ2v) is 5.78. The Balaban J connectivity index is 1.63. The number of amides is 1. The summed E-state index contributed by atoms with van der Waals surface area (Å²) in [6, 6.07) is 10.5. The van der Waals surface area contributed by atoms with Crippen LogP contribution in [0.4, 0.5) is 18.9 Å². The van der Waals surface area contributed by atoms with Crippen molar-refractivity contribution < 1.29 is 18.0 Å². The van der Waals surface area contributed by atoms with Crippen molar-refractivity contribution in [3.8, 4) is 0 Å². The maximum atomic E-state index is 12.5. The molecule has 0 unspecified atom stereocenters. The number of hydrogen-bond donors (Lipinski definition) is 1. The molecule has 0 atom stereocenters. The standard InChI is InChI=1S/C19H16F3NO/c20-19(21,22)16-8-4-13(5-9-16)6-11-18(24)23-17-10-7-14-2-1-3-15(14)12-17/h4-12H,1-3H2,(H,23,24)/b11-6+. The predicted octanol–water partition coefficient (Wildman–Crippen LogP) is 4.85. The molecule has 24 heavy (non-hydrogen) atoms. The van der Waals surface area contributed by atoms with E-state index in [1.165, 1.54) is 35.4 Å². The molecular weight excluding hydrogens is 315 g/mol. The normalized spacial score (nSPS) is 14.0. The van der Waals surface area contributed by atoms with E-state index in [0.29, 0.717) is 5.56 Å². The summed E-state index contributed by atoms with van der Waals surface area (Å²) in [6.45, 7) is 0. The highest BCUT2D eigenvalue weighted by atomic mass is 19.4. The van der Waals surface area contributed by atoms with Crippen LogP contribution in [0.3, 0.4) is 0 Å². The molecule has 1 N–H and O–H groups in total. The van der Waals surface area contributed by atoms with Gasteiger partial charge in [0.15, 0.2) is 0 Å². The van der Waals surface area contributed by atoms with Crippen molar-refractivity contribution in [3.63, 3.8) is 0 Å². The molecule has 2 aromatic rings. The van der Waals surface area contributed by atoms with Crippen LogP contribution in [0.5, 0.6) is 0 Å². The summed E-state index contributed by atoms with van der Waals surface area (Å²) in [5.41, 5.74) is 3.15. The number of rotatable bonds is 3. The minimum absolute atomic E-state index is 0.312. The average Bonchev–Trinajstić information content (AvgIpc) is 3.00. The maximum Gasteiger partial charge on any atom is 0.416 e. The van der Waals surface area contributed by atoms with Crippen molar-refractivity contribution >= 4 is 17.7 Å². The predicted molar refractivity (Wildman–Crippen MR) is 87.6 cm³/mol. The van der Waals surface area contributed by atoms with Crippen molar-refractivity contribution in [2.75, 3.05) is 5.32 Å². The lowest BCUT2D eigenvalue weighted by Crippen LogP contribution is -2.08. The third-order valence-corrected chi connectivity index (χ3v) is 4.03. The fourth-order valence-electron chi connectivity index (χ4n) is 2.79. The number of nitrogens with one attached hydrogen (secondary N) is 1. The number of halogens is 3. The molecular formula is C19H16F3NO. The molecule has 2 aromatic carbocycles. The highest BCUT2D eigenvalue weighted by Gasteiger charge is 2.29. The van der Waals surface area contributed by atoms with Gasteiger partial charge in [0.05, 0.1) is 5.56 Å². The monoisotopic (exact) mass is 331 g/mol. The van der Waals surface area contributed by atoms with Gasteiger partial charge in [-0.05, 0) is 66.3 Å². The zero-order valence-corrected chi connectivity index (χ0v) is 12.9. The molecule has 0 spiro atoms. The fourth-order valence-corrected chi connectivity index (χ4v) is 2.79. The van der Waals surface area contributed by atoms with E-state index in [2.05, 4.69) is 5.32 Å². The number of carbonyl (C=O) groups is 1.